The van der Waals surface area contributed by atoms with E-state index in [9.17, 15) is 0 Å². The fourth-order valence-electron chi connectivity index (χ4n) is 9.64. The third-order valence-electron chi connectivity index (χ3n) is 12.9. The maximum absolute atomic E-state index is 6.71. The number of ether oxygens (including phenoxy) is 1. The Morgan fingerprint density at radius 2 is 1.13 bits per heavy atom. The van der Waals surface area contributed by atoms with E-state index in [1.165, 1.54) is 27.8 Å². The van der Waals surface area contributed by atoms with Gasteiger partial charge in [0.25, 0.3) is 0 Å². The third kappa shape index (κ3) is 7.92. The van der Waals surface area contributed by atoms with Gasteiger partial charge in [-0.05, 0) is 100 Å². The molecule has 0 fully saturated rings. The summed E-state index contributed by atoms with van der Waals surface area (Å²) < 4.78 is 8.93. The molecule has 10 aromatic rings. The molecule has 0 spiro atoms. The molecule has 0 saturated carbocycles. The number of anilines is 4. The molecule has 0 N–H and O–H groups in total. The maximum Gasteiger partial charge on any atom is 0.136 e. The minimum Gasteiger partial charge on any atom is -0.509 e. The van der Waals surface area contributed by atoms with Crippen molar-refractivity contribution in [1.82, 2.24) is 9.55 Å². The van der Waals surface area contributed by atoms with E-state index in [1.54, 1.807) is 0 Å². The third-order valence-corrected chi connectivity index (χ3v) is 12.9. The van der Waals surface area contributed by atoms with Crippen LogP contribution in [0.15, 0.2) is 182 Å². The molecule has 0 aliphatic carbocycles. The molecular formula is C61H49N4OPt-3. The largest absolute Gasteiger partial charge is 0.509 e. The van der Waals surface area contributed by atoms with Crippen LogP contribution in [0.1, 0.15) is 43.0 Å². The number of aryl methyl sites for hydroxylation is 3. The predicted molar refractivity (Wildman–Crippen MR) is 273 cm³/mol. The first kappa shape index (κ1) is 43.7. The molecule has 5 nitrogen and oxygen atoms in total. The van der Waals surface area contributed by atoms with Gasteiger partial charge in [-0.25, -0.2) is 4.98 Å². The Labute approximate surface area is 408 Å². The summed E-state index contributed by atoms with van der Waals surface area (Å²) in [6.07, 6.45) is 2.00. The summed E-state index contributed by atoms with van der Waals surface area (Å²) in [7, 11) is 0. The summed E-state index contributed by atoms with van der Waals surface area (Å²) in [6.45, 7) is 15.6. The van der Waals surface area contributed by atoms with Crippen molar-refractivity contribution in [3.05, 3.63) is 223 Å². The summed E-state index contributed by atoms with van der Waals surface area (Å²) >= 11 is 0. The van der Waals surface area contributed by atoms with Gasteiger partial charge in [0.1, 0.15) is 5.82 Å². The van der Waals surface area contributed by atoms with Crippen molar-refractivity contribution in [2.24, 2.45) is 0 Å². The number of nitrogens with zero attached hydrogens (tertiary/aromatic N) is 4. The van der Waals surface area contributed by atoms with Crippen LogP contribution in [-0.4, -0.2) is 9.55 Å². The zero-order valence-electron chi connectivity index (χ0n) is 38.4. The molecular weight excluding hydrogens is 1000 g/mol. The van der Waals surface area contributed by atoms with Crippen LogP contribution in [0.2, 0.25) is 0 Å². The van der Waals surface area contributed by atoms with Gasteiger partial charge in [-0.3, -0.25) is 0 Å². The van der Waals surface area contributed by atoms with E-state index < -0.39 is 0 Å². The second kappa shape index (κ2) is 17.5. The van der Waals surface area contributed by atoms with Gasteiger partial charge in [0, 0.05) is 72.5 Å². The van der Waals surface area contributed by atoms with Crippen LogP contribution in [0.5, 0.6) is 11.5 Å². The van der Waals surface area contributed by atoms with Crippen molar-refractivity contribution in [3.8, 4) is 50.7 Å². The van der Waals surface area contributed by atoms with Crippen molar-refractivity contribution < 1.29 is 25.8 Å². The van der Waals surface area contributed by atoms with Gasteiger partial charge in [-0.1, -0.05) is 148 Å². The zero-order valence-corrected chi connectivity index (χ0v) is 40.7. The molecule has 2 aromatic heterocycles. The summed E-state index contributed by atoms with van der Waals surface area (Å²) in [5, 5.41) is 2.21. The standard InChI is InChI=1S/C61H49N4O.Pt/c1-40-33-45(61(4,5)6)34-41(2)59(40)53-37-58(62-38-42(53)3)65-54-28-14-13-25-51(54)52-32-31-48(36-57(52)65)66-47-24-17-23-46(35-47)63-39-64(56-30-16-15-29-55(56)63)60-49(43-19-9-7-10-20-43)26-18-27-50(60)44-21-11-8-12-22-44;/h7-34,37-39H,1-6H3;/q-3;. The number of hydrogen-bond acceptors (Lipinski definition) is 4. The molecule has 8 aromatic carbocycles. The number of benzene rings is 8. The van der Waals surface area contributed by atoms with Crippen LogP contribution in [0.3, 0.4) is 0 Å². The number of aromatic nitrogens is 2. The molecule has 0 atom stereocenters. The van der Waals surface area contributed by atoms with Crippen molar-refractivity contribution in [3.63, 3.8) is 0 Å². The second-order valence-electron chi connectivity index (χ2n) is 18.3. The van der Waals surface area contributed by atoms with E-state index in [0.717, 1.165) is 78.2 Å². The average Bonchev–Trinajstić information content (AvgIpc) is 3.88. The first-order valence-corrected chi connectivity index (χ1v) is 22.6. The van der Waals surface area contributed by atoms with Crippen LogP contribution in [0.25, 0.3) is 61.0 Å². The molecule has 1 aliphatic heterocycles. The summed E-state index contributed by atoms with van der Waals surface area (Å²) in [5.41, 5.74) is 18.1. The Hall–Kier alpha value is -7.20. The van der Waals surface area contributed by atoms with E-state index >= 15 is 0 Å². The van der Waals surface area contributed by atoms with Crippen LogP contribution in [-0.2, 0) is 26.5 Å². The minimum absolute atomic E-state index is 0. The van der Waals surface area contributed by atoms with Gasteiger partial charge in [-0.15, -0.1) is 48.1 Å². The number of fused-ring (bicyclic) bond motifs is 4. The summed E-state index contributed by atoms with van der Waals surface area (Å²) in [6, 6.07) is 69.3. The fraction of sp³-hybridized carbons (Fsp3) is 0.115. The van der Waals surface area contributed by atoms with E-state index in [2.05, 4.69) is 232 Å². The van der Waals surface area contributed by atoms with Crippen molar-refractivity contribution in [2.75, 3.05) is 9.80 Å². The number of rotatable bonds is 8. The minimum atomic E-state index is 0. The SMILES string of the molecule is Cc1cnc(-n2c3[c-]c(Oc4[c-]c(N5[CH-]N(c6c(-c7ccccc7)cccc6-c6ccccc6)c6ccccc65)ccc4)ccc3c3ccccc32)cc1-c1c(C)cc(C(C)(C)C)cc1C.[Pt]. The second-order valence-corrected chi connectivity index (χ2v) is 18.3. The molecule has 0 radical (unpaired) electrons. The smallest absolute Gasteiger partial charge is 0.136 e. The van der Waals surface area contributed by atoms with Crippen LogP contribution in [0, 0.1) is 39.6 Å². The van der Waals surface area contributed by atoms with Crippen molar-refractivity contribution in [1.29, 1.82) is 0 Å². The molecule has 0 unspecified atom stereocenters. The Bertz CT molecular complexity index is 3380. The Morgan fingerprint density at radius 1 is 0.537 bits per heavy atom. The zero-order chi connectivity index (χ0) is 45.1. The van der Waals surface area contributed by atoms with Crippen LogP contribution >= 0.6 is 0 Å². The van der Waals surface area contributed by atoms with E-state index in [1.807, 2.05) is 24.4 Å². The van der Waals surface area contributed by atoms with Gasteiger partial charge < -0.3 is 19.1 Å². The quantitative estimate of drug-likeness (QED) is 0.142. The van der Waals surface area contributed by atoms with E-state index in [-0.39, 0.29) is 26.5 Å². The van der Waals surface area contributed by atoms with Gasteiger partial charge in [0.15, 0.2) is 0 Å². The monoisotopic (exact) mass is 1050 g/mol. The Kier molecular flexibility index (Phi) is 11.4. The Balaban J connectivity index is 0.00000525. The molecule has 67 heavy (non-hydrogen) atoms. The van der Waals surface area contributed by atoms with Crippen LogP contribution in [0.4, 0.5) is 22.7 Å². The van der Waals surface area contributed by atoms with Crippen LogP contribution < -0.4 is 14.5 Å². The first-order chi connectivity index (χ1) is 32.1. The molecule has 0 bridgehead atoms. The van der Waals surface area contributed by atoms with Gasteiger partial charge >= 0.3 is 0 Å². The maximum atomic E-state index is 6.71. The number of hydrogen-bond donors (Lipinski definition) is 0. The summed E-state index contributed by atoms with van der Waals surface area (Å²) in [4.78, 5) is 9.58. The van der Waals surface area contributed by atoms with Gasteiger partial charge in [-0.2, -0.15) is 12.1 Å². The first-order valence-electron chi connectivity index (χ1n) is 22.6. The predicted octanol–water partition coefficient (Wildman–Crippen LogP) is 16.2. The van der Waals surface area contributed by atoms with E-state index in [4.69, 9.17) is 9.72 Å². The van der Waals surface area contributed by atoms with E-state index in [0.29, 0.717) is 11.5 Å². The molecule has 6 heteroatoms. The average molecular weight is 1050 g/mol. The molecule has 11 rings (SSSR count). The van der Waals surface area contributed by atoms with Gasteiger partial charge in [0.2, 0.25) is 0 Å². The van der Waals surface area contributed by atoms with Crippen molar-refractivity contribution in [2.45, 2.75) is 47.0 Å². The normalized spacial score (nSPS) is 12.4. The summed E-state index contributed by atoms with van der Waals surface area (Å²) in [5.74, 6) is 2.01. The molecule has 3 heterocycles. The molecule has 332 valence electrons. The Morgan fingerprint density at radius 3 is 1.81 bits per heavy atom. The molecule has 0 amide bonds. The van der Waals surface area contributed by atoms with Gasteiger partial charge in [0.05, 0.1) is 0 Å². The topological polar surface area (TPSA) is 33.5 Å². The fourth-order valence-corrected chi connectivity index (χ4v) is 9.64. The molecule has 1 aliphatic rings. The van der Waals surface area contributed by atoms with Crippen molar-refractivity contribution >= 4 is 44.6 Å². The molecule has 0 saturated heterocycles. The number of para-hydroxylation sites is 4. The number of pyridine rings is 1.